The third-order valence-corrected chi connectivity index (χ3v) is 8.01. The van der Waals surface area contributed by atoms with E-state index in [1.807, 2.05) is 30.3 Å². The lowest BCUT2D eigenvalue weighted by Gasteiger charge is -2.33. The molecule has 1 aliphatic carbocycles. The van der Waals surface area contributed by atoms with Crippen LogP contribution in [0, 0.1) is 0 Å². The van der Waals surface area contributed by atoms with Gasteiger partial charge in [0.1, 0.15) is 6.04 Å². The average molecular weight is 578 g/mol. The predicted molar refractivity (Wildman–Crippen MR) is 152 cm³/mol. The molecule has 0 unspecified atom stereocenters. The molecule has 37 heavy (non-hydrogen) atoms. The number of carbonyl (C=O) groups is 2. The summed E-state index contributed by atoms with van der Waals surface area (Å²) in [6.45, 7) is 0.0815. The Bertz CT molecular complexity index is 1230. The highest BCUT2D eigenvalue weighted by molar-refractivity contribution is 6.36. The first-order chi connectivity index (χ1) is 17.8. The molecule has 1 atom stereocenters. The Morgan fingerprint density at radius 3 is 2.19 bits per heavy atom. The number of carbonyl (C=O) groups excluding carboxylic acids is 2. The van der Waals surface area contributed by atoms with Crippen LogP contribution >= 0.6 is 46.4 Å². The highest BCUT2D eigenvalue weighted by atomic mass is 35.5. The highest BCUT2D eigenvalue weighted by Gasteiger charge is 2.33. The fourth-order valence-electron chi connectivity index (χ4n) is 4.70. The standard InChI is InChI=1S/C29H28Cl4N2O2/c30-21-14-13-20(26(33)17-21)16-28(36)35(18-23-24(31)11-6-12-25(23)32)27(15-19-7-2-1-3-8-19)29(37)34-22-9-4-5-10-22/h1-3,6-8,11-14,17,22,27H,4-5,9-10,15-16,18H2,(H,34,37)/t27-/m0/s1. The molecule has 1 aliphatic rings. The van der Waals surface area contributed by atoms with E-state index in [4.69, 9.17) is 46.4 Å². The molecule has 1 N–H and O–H groups in total. The summed E-state index contributed by atoms with van der Waals surface area (Å²) in [5, 5.41) is 4.94. The van der Waals surface area contributed by atoms with Crippen molar-refractivity contribution in [3.63, 3.8) is 0 Å². The van der Waals surface area contributed by atoms with E-state index in [0.29, 0.717) is 37.6 Å². The van der Waals surface area contributed by atoms with Gasteiger partial charge >= 0.3 is 0 Å². The Morgan fingerprint density at radius 1 is 0.865 bits per heavy atom. The molecule has 4 nitrogen and oxygen atoms in total. The molecule has 0 spiro atoms. The molecular formula is C29H28Cl4N2O2. The van der Waals surface area contributed by atoms with E-state index in [1.54, 1.807) is 41.3 Å². The molecule has 1 fully saturated rings. The van der Waals surface area contributed by atoms with Crippen molar-refractivity contribution in [3.05, 3.63) is 104 Å². The van der Waals surface area contributed by atoms with E-state index in [-0.39, 0.29) is 30.8 Å². The third-order valence-electron chi connectivity index (χ3n) is 6.72. The molecular weight excluding hydrogens is 550 g/mol. The van der Waals surface area contributed by atoms with Gasteiger partial charge in [-0.1, -0.05) is 102 Å². The minimum Gasteiger partial charge on any atom is -0.352 e. The van der Waals surface area contributed by atoms with Crippen LogP contribution in [0.4, 0.5) is 0 Å². The van der Waals surface area contributed by atoms with Crippen LogP contribution in [0.25, 0.3) is 0 Å². The second kappa shape index (κ2) is 13.0. The number of hydrogen-bond donors (Lipinski definition) is 1. The number of amides is 2. The van der Waals surface area contributed by atoms with Crippen LogP contribution in [-0.4, -0.2) is 28.8 Å². The van der Waals surface area contributed by atoms with Gasteiger partial charge in [0.25, 0.3) is 0 Å². The zero-order valence-corrected chi connectivity index (χ0v) is 23.3. The minimum atomic E-state index is -0.770. The van der Waals surface area contributed by atoms with Gasteiger partial charge in [0.15, 0.2) is 0 Å². The van der Waals surface area contributed by atoms with E-state index in [1.165, 1.54) is 0 Å². The molecule has 0 saturated heterocycles. The Kier molecular flexibility index (Phi) is 9.77. The first-order valence-electron chi connectivity index (χ1n) is 12.3. The molecule has 0 heterocycles. The van der Waals surface area contributed by atoms with Gasteiger partial charge in [-0.15, -0.1) is 0 Å². The largest absolute Gasteiger partial charge is 0.352 e. The van der Waals surface area contributed by atoms with Gasteiger partial charge in [0, 0.05) is 44.7 Å². The summed E-state index contributed by atoms with van der Waals surface area (Å²) in [4.78, 5) is 29.3. The number of rotatable bonds is 9. The molecule has 194 valence electrons. The summed E-state index contributed by atoms with van der Waals surface area (Å²) in [5.41, 5.74) is 2.16. The lowest BCUT2D eigenvalue weighted by atomic mass is 10.0. The third kappa shape index (κ3) is 7.42. The van der Waals surface area contributed by atoms with Crippen molar-refractivity contribution >= 4 is 58.2 Å². The maximum Gasteiger partial charge on any atom is 0.243 e. The van der Waals surface area contributed by atoms with Crippen LogP contribution in [0.1, 0.15) is 42.4 Å². The predicted octanol–water partition coefficient (Wildman–Crippen LogP) is 7.54. The van der Waals surface area contributed by atoms with Gasteiger partial charge in [0.05, 0.1) is 6.42 Å². The maximum atomic E-state index is 13.9. The summed E-state index contributed by atoms with van der Waals surface area (Å²) in [6, 6.07) is 19.3. The van der Waals surface area contributed by atoms with Crippen molar-refractivity contribution in [1.29, 1.82) is 0 Å². The zero-order chi connectivity index (χ0) is 26.4. The molecule has 4 rings (SSSR count). The number of hydrogen-bond acceptors (Lipinski definition) is 2. The lowest BCUT2D eigenvalue weighted by Crippen LogP contribution is -2.52. The number of nitrogens with one attached hydrogen (secondary N) is 1. The maximum absolute atomic E-state index is 13.9. The van der Waals surface area contributed by atoms with Crippen LogP contribution in [0.5, 0.6) is 0 Å². The lowest BCUT2D eigenvalue weighted by molar-refractivity contribution is -0.141. The molecule has 3 aromatic carbocycles. The van der Waals surface area contributed by atoms with Crippen molar-refractivity contribution in [1.82, 2.24) is 10.2 Å². The Morgan fingerprint density at radius 2 is 1.54 bits per heavy atom. The quantitative estimate of drug-likeness (QED) is 0.285. The van der Waals surface area contributed by atoms with E-state index < -0.39 is 6.04 Å². The van der Waals surface area contributed by atoms with Crippen LogP contribution in [-0.2, 0) is 29.0 Å². The Balaban J connectivity index is 1.71. The Labute approximate surface area is 237 Å². The first-order valence-corrected chi connectivity index (χ1v) is 13.8. The monoisotopic (exact) mass is 576 g/mol. The number of halogens is 4. The van der Waals surface area contributed by atoms with Gasteiger partial charge in [-0.05, 0) is 48.2 Å². The smallest absolute Gasteiger partial charge is 0.243 e. The molecule has 0 radical (unpaired) electrons. The topological polar surface area (TPSA) is 49.4 Å². The summed E-state index contributed by atoms with van der Waals surface area (Å²) in [6.07, 6.45) is 4.40. The van der Waals surface area contributed by atoms with Gasteiger partial charge in [-0.3, -0.25) is 9.59 Å². The summed E-state index contributed by atoms with van der Waals surface area (Å²) < 4.78 is 0. The highest BCUT2D eigenvalue weighted by Crippen LogP contribution is 2.29. The molecule has 0 aliphatic heterocycles. The fourth-order valence-corrected chi connectivity index (χ4v) is 5.70. The van der Waals surface area contributed by atoms with E-state index in [0.717, 1.165) is 31.2 Å². The summed E-state index contributed by atoms with van der Waals surface area (Å²) in [7, 11) is 0. The van der Waals surface area contributed by atoms with Crippen molar-refractivity contribution in [3.8, 4) is 0 Å². The molecule has 0 aromatic heterocycles. The fraction of sp³-hybridized carbons (Fsp3) is 0.310. The van der Waals surface area contributed by atoms with E-state index in [9.17, 15) is 9.59 Å². The summed E-state index contributed by atoms with van der Waals surface area (Å²) >= 11 is 25.5. The van der Waals surface area contributed by atoms with Crippen molar-refractivity contribution in [2.24, 2.45) is 0 Å². The van der Waals surface area contributed by atoms with Gasteiger partial charge in [-0.25, -0.2) is 0 Å². The van der Waals surface area contributed by atoms with Crippen molar-refractivity contribution < 1.29 is 9.59 Å². The molecule has 0 bridgehead atoms. The van der Waals surface area contributed by atoms with Crippen LogP contribution in [0.15, 0.2) is 66.7 Å². The van der Waals surface area contributed by atoms with Gasteiger partial charge in [-0.2, -0.15) is 0 Å². The molecule has 3 aromatic rings. The normalized spacial score (nSPS) is 14.4. The van der Waals surface area contributed by atoms with Gasteiger partial charge in [0.2, 0.25) is 11.8 Å². The van der Waals surface area contributed by atoms with E-state index in [2.05, 4.69) is 5.32 Å². The molecule has 8 heteroatoms. The van der Waals surface area contributed by atoms with E-state index >= 15 is 0 Å². The second-order valence-corrected chi connectivity index (χ2v) is 11.0. The number of nitrogens with zero attached hydrogens (tertiary/aromatic N) is 1. The molecule has 2 amide bonds. The Hall–Kier alpha value is -2.24. The number of benzene rings is 3. The van der Waals surface area contributed by atoms with Crippen LogP contribution in [0.3, 0.4) is 0 Å². The zero-order valence-electron chi connectivity index (χ0n) is 20.2. The average Bonchev–Trinajstić information content (AvgIpc) is 3.38. The van der Waals surface area contributed by atoms with Gasteiger partial charge < -0.3 is 10.2 Å². The first kappa shape index (κ1) is 27.8. The van der Waals surface area contributed by atoms with Crippen molar-refractivity contribution in [2.45, 2.75) is 57.2 Å². The second-order valence-electron chi connectivity index (χ2n) is 9.33. The SMILES string of the molecule is O=C(NC1CCCC1)[C@H](Cc1ccccc1)N(Cc1c(Cl)cccc1Cl)C(=O)Cc1ccc(Cl)cc1Cl. The van der Waals surface area contributed by atoms with Crippen LogP contribution in [0.2, 0.25) is 20.1 Å². The van der Waals surface area contributed by atoms with Crippen molar-refractivity contribution in [2.75, 3.05) is 0 Å². The van der Waals surface area contributed by atoms with Crippen LogP contribution < -0.4 is 5.32 Å². The minimum absolute atomic E-state index is 0.0000716. The summed E-state index contributed by atoms with van der Waals surface area (Å²) in [5.74, 6) is -0.447. The molecule has 1 saturated carbocycles.